The van der Waals surface area contributed by atoms with Gasteiger partial charge in [0.05, 0.1) is 0 Å². The number of para-hydroxylation sites is 1. The summed E-state index contributed by atoms with van der Waals surface area (Å²) >= 11 is 5.97. The van der Waals surface area contributed by atoms with Crippen LogP contribution < -0.4 is 10.1 Å². The Balaban J connectivity index is 1.30. The zero-order chi connectivity index (χ0) is 22.6. The van der Waals surface area contributed by atoms with E-state index in [0.29, 0.717) is 19.0 Å². The summed E-state index contributed by atoms with van der Waals surface area (Å²) in [6, 6.07) is 29.8. The Bertz CT molecular complexity index is 1390. The van der Waals surface area contributed by atoms with E-state index < -0.39 is 0 Å². The molecule has 4 aromatic carbocycles. The normalized spacial score (nSPS) is 11.0. The third kappa shape index (κ3) is 4.86. The van der Waals surface area contributed by atoms with Gasteiger partial charge in [-0.2, -0.15) is 0 Å². The van der Waals surface area contributed by atoms with Gasteiger partial charge < -0.3 is 14.5 Å². The maximum Gasteiger partial charge on any atom is 0.227 e. The van der Waals surface area contributed by atoms with Gasteiger partial charge in [-0.1, -0.05) is 60.1 Å². The van der Waals surface area contributed by atoms with Crippen LogP contribution in [0, 0.1) is 6.92 Å². The zero-order valence-electron chi connectivity index (χ0n) is 18.2. The molecular weight excluding hydrogens is 432 g/mol. The van der Waals surface area contributed by atoms with Crippen LogP contribution >= 0.6 is 11.6 Å². The molecule has 0 unspecified atom stereocenters. The molecule has 0 bridgehead atoms. The van der Waals surface area contributed by atoms with Gasteiger partial charge in [0.1, 0.15) is 17.9 Å². The SMILES string of the molecule is Cc1ccccc1-c1nc2cc(NCc3ccccc3OCc3ccc(Cl)cc3)ccc2o1. The summed E-state index contributed by atoms with van der Waals surface area (Å²) in [5.41, 5.74) is 6.86. The fourth-order valence-electron chi connectivity index (χ4n) is 3.70. The lowest BCUT2D eigenvalue weighted by atomic mass is 10.1. The first-order valence-electron chi connectivity index (χ1n) is 10.8. The third-order valence-corrected chi connectivity index (χ3v) is 5.78. The van der Waals surface area contributed by atoms with Crippen LogP contribution in [0.25, 0.3) is 22.6 Å². The summed E-state index contributed by atoms with van der Waals surface area (Å²) in [5.74, 6) is 1.49. The first kappa shape index (κ1) is 21.1. The van der Waals surface area contributed by atoms with Gasteiger partial charge in [-0.25, -0.2) is 4.98 Å². The number of hydrogen-bond acceptors (Lipinski definition) is 4. The molecule has 5 heteroatoms. The molecule has 0 saturated heterocycles. The van der Waals surface area contributed by atoms with Crippen molar-refractivity contribution in [2.24, 2.45) is 0 Å². The molecule has 164 valence electrons. The minimum Gasteiger partial charge on any atom is -0.489 e. The predicted molar refractivity (Wildman–Crippen MR) is 134 cm³/mol. The first-order valence-corrected chi connectivity index (χ1v) is 11.2. The van der Waals surface area contributed by atoms with Gasteiger partial charge >= 0.3 is 0 Å². The van der Waals surface area contributed by atoms with Gasteiger partial charge in [0, 0.05) is 28.4 Å². The van der Waals surface area contributed by atoms with Crippen LogP contribution in [-0.2, 0) is 13.2 Å². The van der Waals surface area contributed by atoms with Gasteiger partial charge in [-0.3, -0.25) is 0 Å². The Morgan fingerprint density at radius 1 is 0.909 bits per heavy atom. The quantitative estimate of drug-likeness (QED) is 0.274. The highest BCUT2D eigenvalue weighted by atomic mass is 35.5. The van der Waals surface area contributed by atoms with Crippen LogP contribution in [0.4, 0.5) is 5.69 Å². The van der Waals surface area contributed by atoms with E-state index in [0.717, 1.165) is 49.8 Å². The monoisotopic (exact) mass is 454 g/mol. The van der Waals surface area contributed by atoms with Gasteiger partial charge in [0.25, 0.3) is 0 Å². The number of nitrogens with zero attached hydrogens (tertiary/aromatic N) is 1. The van der Waals surface area contributed by atoms with Crippen LogP contribution in [0.2, 0.25) is 5.02 Å². The number of aromatic nitrogens is 1. The molecule has 0 saturated carbocycles. The number of rotatable bonds is 7. The molecule has 1 heterocycles. The predicted octanol–water partition coefficient (Wildman–Crippen LogP) is 7.65. The molecule has 0 aliphatic heterocycles. The van der Waals surface area contributed by atoms with Crippen molar-refractivity contribution in [3.05, 3.63) is 113 Å². The van der Waals surface area contributed by atoms with Gasteiger partial charge in [0.2, 0.25) is 5.89 Å². The molecule has 5 aromatic rings. The van der Waals surface area contributed by atoms with Crippen LogP contribution in [0.3, 0.4) is 0 Å². The molecule has 5 rings (SSSR count). The molecule has 4 nitrogen and oxygen atoms in total. The highest BCUT2D eigenvalue weighted by Crippen LogP contribution is 2.29. The number of benzene rings is 4. The minimum atomic E-state index is 0.487. The third-order valence-electron chi connectivity index (χ3n) is 5.53. The maximum absolute atomic E-state index is 6.07. The van der Waals surface area contributed by atoms with Crippen molar-refractivity contribution in [1.82, 2.24) is 4.98 Å². The molecule has 1 aromatic heterocycles. The van der Waals surface area contributed by atoms with E-state index in [1.165, 1.54) is 0 Å². The Kier molecular flexibility index (Phi) is 6.01. The van der Waals surface area contributed by atoms with E-state index >= 15 is 0 Å². The van der Waals surface area contributed by atoms with Crippen LogP contribution in [-0.4, -0.2) is 4.98 Å². The number of hydrogen-bond donors (Lipinski definition) is 1. The van der Waals surface area contributed by atoms with Crippen LogP contribution in [0.15, 0.2) is 95.4 Å². The number of nitrogens with one attached hydrogen (secondary N) is 1. The molecule has 33 heavy (non-hydrogen) atoms. The van der Waals surface area contributed by atoms with Crippen LogP contribution in [0.5, 0.6) is 5.75 Å². The summed E-state index contributed by atoms with van der Waals surface area (Å²) in [6.45, 7) is 3.18. The smallest absolute Gasteiger partial charge is 0.227 e. The van der Waals surface area contributed by atoms with E-state index in [1.807, 2.05) is 78.9 Å². The van der Waals surface area contributed by atoms with Crippen molar-refractivity contribution < 1.29 is 9.15 Å². The summed E-state index contributed by atoms with van der Waals surface area (Å²) in [7, 11) is 0. The van der Waals surface area contributed by atoms with Gasteiger partial charge in [-0.15, -0.1) is 0 Å². The lowest BCUT2D eigenvalue weighted by molar-refractivity contribution is 0.303. The van der Waals surface area contributed by atoms with Crippen molar-refractivity contribution >= 4 is 28.4 Å². The lowest BCUT2D eigenvalue weighted by Crippen LogP contribution is -2.03. The van der Waals surface area contributed by atoms with E-state index in [4.69, 9.17) is 25.7 Å². The Morgan fingerprint density at radius 2 is 1.70 bits per heavy atom. The molecule has 0 aliphatic carbocycles. The number of fused-ring (bicyclic) bond motifs is 1. The number of anilines is 1. The average molecular weight is 455 g/mol. The highest BCUT2D eigenvalue weighted by Gasteiger charge is 2.11. The average Bonchev–Trinajstić information content (AvgIpc) is 3.26. The number of aryl methyl sites for hydroxylation is 1. The number of oxazole rings is 1. The Labute approximate surface area is 197 Å². The zero-order valence-corrected chi connectivity index (χ0v) is 19.0. The lowest BCUT2D eigenvalue weighted by Gasteiger charge is -2.13. The highest BCUT2D eigenvalue weighted by molar-refractivity contribution is 6.30. The summed E-state index contributed by atoms with van der Waals surface area (Å²) in [6.07, 6.45) is 0. The first-order chi connectivity index (χ1) is 16.2. The van der Waals surface area contributed by atoms with Gasteiger partial charge in [0.15, 0.2) is 5.58 Å². The van der Waals surface area contributed by atoms with Crippen molar-refractivity contribution in [2.75, 3.05) is 5.32 Å². The molecule has 0 spiro atoms. The summed E-state index contributed by atoms with van der Waals surface area (Å²) in [4.78, 5) is 4.71. The Hall–Kier alpha value is -3.76. The number of ether oxygens (including phenoxy) is 1. The number of halogens is 1. The topological polar surface area (TPSA) is 47.3 Å². The second-order valence-electron chi connectivity index (χ2n) is 7.89. The van der Waals surface area contributed by atoms with Crippen LogP contribution in [0.1, 0.15) is 16.7 Å². The summed E-state index contributed by atoms with van der Waals surface area (Å²) < 4.78 is 12.1. The van der Waals surface area contributed by atoms with E-state index in [-0.39, 0.29) is 0 Å². The van der Waals surface area contributed by atoms with E-state index in [9.17, 15) is 0 Å². The van der Waals surface area contributed by atoms with Crippen molar-refractivity contribution in [2.45, 2.75) is 20.1 Å². The second-order valence-corrected chi connectivity index (χ2v) is 8.33. The maximum atomic E-state index is 6.07. The largest absolute Gasteiger partial charge is 0.489 e. The standard InChI is InChI=1S/C28H23ClN2O2/c1-19-6-2-4-8-24(19)28-31-25-16-23(14-15-27(25)33-28)30-17-21-7-3-5-9-26(21)32-18-20-10-12-22(29)13-11-20/h2-16,30H,17-18H2,1H3. The summed E-state index contributed by atoms with van der Waals surface area (Å²) in [5, 5.41) is 4.20. The molecular formula is C28H23ClN2O2. The fourth-order valence-corrected chi connectivity index (χ4v) is 3.82. The molecule has 0 aliphatic rings. The van der Waals surface area contributed by atoms with Crippen molar-refractivity contribution in [1.29, 1.82) is 0 Å². The van der Waals surface area contributed by atoms with Crippen molar-refractivity contribution in [3.63, 3.8) is 0 Å². The molecule has 0 atom stereocenters. The fraction of sp³-hybridized carbons (Fsp3) is 0.107. The second kappa shape index (κ2) is 9.39. The van der Waals surface area contributed by atoms with E-state index in [2.05, 4.69) is 24.4 Å². The molecule has 0 radical (unpaired) electrons. The van der Waals surface area contributed by atoms with Crippen molar-refractivity contribution in [3.8, 4) is 17.2 Å². The molecule has 0 amide bonds. The Morgan fingerprint density at radius 3 is 2.55 bits per heavy atom. The molecule has 0 fully saturated rings. The van der Waals surface area contributed by atoms with E-state index in [1.54, 1.807) is 0 Å². The minimum absolute atomic E-state index is 0.487. The van der Waals surface area contributed by atoms with Gasteiger partial charge in [-0.05, 0) is 60.5 Å². The molecule has 1 N–H and O–H groups in total.